The molecule has 1 N–H and O–H groups in total. The number of likely N-dealkylation sites (N-methyl/N-ethyl adjacent to an activating group) is 1. The van der Waals surface area contributed by atoms with Crippen molar-refractivity contribution in [2.75, 3.05) is 69.2 Å². The van der Waals surface area contributed by atoms with E-state index in [1.165, 1.54) is 10.4 Å². The van der Waals surface area contributed by atoms with Crippen molar-refractivity contribution in [2.45, 2.75) is 25.2 Å². The van der Waals surface area contributed by atoms with Gasteiger partial charge in [0.05, 0.1) is 29.5 Å². The van der Waals surface area contributed by atoms with E-state index in [2.05, 4.69) is 22.0 Å². The van der Waals surface area contributed by atoms with Crippen molar-refractivity contribution in [1.82, 2.24) is 9.21 Å². The summed E-state index contributed by atoms with van der Waals surface area (Å²) in [7, 11) is -3.71. The normalized spacial score (nSPS) is 18.1. The van der Waals surface area contributed by atoms with Gasteiger partial charge in [0.1, 0.15) is 0 Å². The van der Waals surface area contributed by atoms with Gasteiger partial charge in [0.25, 0.3) is 5.91 Å². The number of carbonyl (C=O) groups is 1. The van der Waals surface area contributed by atoms with Gasteiger partial charge in [-0.25, -0.2) is 8.42 Å². The molecule has 0 saturated carbocycles. The number of carbonyl (C=O) groups excluding carboxylic acids is 1. The van der Waals surface area contributed by atoms with E-state index >= 15 is 0 Å². The zero-order valence-electron chi connectivity index (χ0n) is 20.0. The van der Waals surface area contributed by atoms with E-state index in [9.17, 15) is 13.2 Å². The predicted octanol–water partition coefficient (Wildman–Crippen LogP) is 2.66. The Labute approximate surface area is 202 Å². The summed E-state index contributed by atoms with van der Waals surface area (Å²) in [6.07, 6.45) is 0.563. The number of rotatable bonds is 7. The van der Waals surface area contributed by atoms with Crippen LogP contribution in [0.3, 0.4) is 0 Å². The standard InChI is InChI=1S/C25H34N4O4S/c1-3-20-9-10-21(19-24(20)34(31,32)29-15-17-33-18-16-29)25(30)26-22-7-5-6-8-23(22)28-13-11-27(4-2)12-14-28/h5-10,19H,3-4,11-18H2,1-2H3,(H,26,30). The maximum absolute atomic E-state index is 13.3. The van der Waals surface area contributed by atoms with Crippen molar-refractivity contribution in [2.24, 2.45) is 0 Å². The number of hydrogen-bond acceptors (Lipinski definition) is 6. The van der Waals surface area contributed by atoms with Crippen LogP contribution in [0.2, 0.25) is 0 Å². The molecule has 2 aromatic rings. The molecule has 8 nitrogen and oxygen atoms in total. The Morgan fingerprint density at radius 2 is 1.68 bits per heavy atom. The van der Waals surface area contributed by atoms with Crippen molar-refractivity contribution in [3.05, 3.63) is 53.6 Å². The number of ether oxygens (including phenoxy) is 1. The fourth-order valence-corrected chi connectivity index (χ4v) is 6.24. The summed E-state index contributed by atoms with van der Waals surface area (Å²) in [5, 5.41) is 3.02. The minimum atomic E-state index is -3.71. The SMILES string of the molecule is CCc1ccc(C(=O)Nc2ccccc2N2CCN(CC)CC2)cc1S(=O)(=O)N1CCOCC1. The van der Waals surface area contributed by atoms with Crippen LogP contribution in [-0.2, 0) is 21.2 Å². The van der Waals surface area contributed by atoms with Gasteiger partial charge in [-0.3, -0.25) is 4.79 Å². The number of piperazine rings is 1. The summed E-state index contributed by atoms with van der Waals surface area (Å²) < 4.78 is 33.4. The summed E-state index contributed by atoms with van der Waals surface area (Å²) in [5.74, 6) is -0.319. The van der Waals surface area contributed by atoms with Crippen LogP contribution in [0.1, 0.15) is 29.8 Å². The largest absolute Gasteiger partial charge is 0.379 e. The van der Waals surface area contributed by atoms with Gasteiger partial charge in [-0.15, -0.1) is 0 Å². The summed E-state index contributed by atoms with van der Waals surface area (Å²) in [6, 6.07) is 12.8. The van der Waals surface area contributed by atoms with Crippen LogP contribution in [0.4, 0.5) is 11.4 Å². The van der Waals surface area contributed by atoms with Crippen molar-refractivity contribution >= 4 is 27.3 Å². The maximum Gasteiger partial charge on any atom is 0.255 e. The fourth-order valence-electron chi connectivity index (χ4n) is 4.51. The number of amides is 1. The lowest BCUT2D eigenvalue weighted by Gasteiger charge is -2.36. The zero-order valence-corrected chi connectivity index (χ0v) is 20.8. The minimum absolute atomic E-state index is 0.202. The Kier molecular flexibility index (Phi) is 7.88. The Morgan fingerprint density at radius 3 is 2.35 bits per heavy atom. The Hall–Kier alpha value is -2.46. The smallest absolute Gasteiger partial charge is 0.255 e. The lowest BCUT2D eigenvalue weighted by molar-refractivity contribution is 0.0730. The third-order valence-corrected chi connectivity index (χ3v) is 8.59. The summed E-state index contributed by atoms with van der Waals surface area (Å²) in [5.41, 5.74) is 2.75. The van der Waals surface area contributed by atoms with Gasteiger partial charge >= 0.3 is 0 Å². The molecule has 2 aliphatic heterocycles. The Morgan fingerprint density at radius 1 is 0.971 bits per heavy atom. The van der Waals surface area contributed by atoms with Crippen LogP contribution in [0.5, 0.6) is 0 Å². The maximum atomic E-state index is 13.3. The number of hydrogen-bond donors (Lipinski definition) is 1. The van der Waals surface area contributed by atoms with Gasteiger partial charge in [0.2, 0.25) is 10.0 Å². The van der Waals surface area contributed by atoms with Gasteiger partial charge in [-0.05, 0) is 42.8 Å². The van der Waals surface area contributed by atoms with E-state index < -0.39 is 10.0 Å². The predicted molar refractivity (Wildman–Crippen MR) is 134 cm³/mol. The molecular weight excluding hydrogens is 452 g/mol. The second-order valence-electron chi connectivity index (χ2n) is 8.59. The molecule has 0 aliphatic carbocycles. The second-order valence-corrected chi connectivity index (χ2v) is 10.5. The summed E-state index contributed by atoms with van der Waals surface area (Å²) >= 11 is 0. The number of aryl methyl sites for hydroxylation is 1. The van der Waals surface area contributed by atoms with E-state index in [4.69, 9.17) is 4.74 Å². The lowest BCUT2D eigenvalue weighted by atomic mass is 10.1. The Balaban J connectivity index is 1.57. The highest BCUT2D eigenvalue weighted by molar-refractivity contribution is 7.89. The molecule has 0 spiro atoms. The highest BCUT2D eigenvalue weighted by Crippen LogP contribution is 2.28. The third kappa shape index (κ3) is 5.27. The van der Waals surface area contributed by atoms with Crippen LogP contribution in [0.15, 0.2) is 47.4 Å². The molecule has 0 unspecified atom stereocenters. The average Bonchev–Trinajstić information content (AvgIpc) is 2.89. The average molecular weight is 487 g/mol. The Bertz CT molecular complexity index is 1110. The number of nitrogens with zero attached hydrogens (tertiary/aromatic N) is 3. The molecule has 2 fully saturated rings. The number of anilines is 2. The molecule has 2 saturated heterocycles. The van der Waals surface area contributed by atoms with E-state index in [0.717, 1.165) is 44.1 Å². The lowest BCUT2D eigenvalue weighted by Crippen LogP contribution is -2.46. The first kappa shape index (κ1) is 24.7. The van der Waals surface area contributed by atoms with Crippen LogP contribution >= 0.6 is 0 Å². The van der Waals surface area contributed by atoms with Crippen molar-refractivity contribution in [3.63, 3.8) is 0 Å². The van der Waals surface area contributed by atoms with Crippen molar-refractivity contribution in [1.29, 1.82) is 0 Å². The van der Waals surface area contributed by atoms with Gasteiger partial charge in [0.15, 0.2) is 0 Å². The first-order valence-electron chi connectivity index (χ1n) is 12.0. The highest BCUT2D eigenvalue weighted by atomic mass is 32.2. The number of nitrogens with one attached hydrogen (secondary N) is 1. The molecule has 9 heteroatoms. The molecule has 34 heavy (non-hydrogen) atoms. The first-order chi connectivity index (χ1) is 16.4. The molecule has 184 valence electrons. The fraction of sp³-hybridized carbons (Fsp3) is 0.480. The van der Waals surface area contributed by atoms with Crippen LogP contribution in [0, 0.1) is 0 Å². The van der Waals surface area contributed by atoms with E-state index in [1.54, 1.807) is 12.1 Å². The molecule has 2 aromatic carbocycles. The number of benzene rings is 2. The third-order valence-electron chi connectivity index (χ3n) is 6.61. The topological polar surface area (TPSA) is 82.2 Å². The second kappa shape index (κ2) is 10.9. The first-order valence-corrected chi connectivity index (χ1v) is 13.5. The quantitative estimate of drug-likeness (QED) is 0.648. The molecule has 0 aromatic heterocycles. The number of sulfonamides is 1. The molecule has 0 bridgehead atoms. The van der Waals surface area contributed by atoms with Crippen LogP contribution in [-0.4, -0.2) is 82.6 Å². The van der Waals surface area contributed by atoms with Gasteiger partial charge in [0, 0.05) is 44.8 Å². The molecule has 0 atom stereocenters. The zero-order chi connectivity index (χ0) is 24.1. The van der Waals surface area contributed by atoms with E-state index in [0.29, 0.717) is 43.9 Å². The van der Waals surface area contributed by atoms with Crippen molar-refractivity contribution < 1.29 is 17.9 Å². The van der Waals surface area contributed by atoms with Crippen molar-refractivity contribution in [3.8, 4) is 0 Å². The number of morpholine rings is 1. The van der Waals surface area contributed by atoms with E-state index in [-0.39, 0.29) is 10.8 Å². The monoisotopic (exact) mass is 486 g/mol. The summed E-state index contributed by atoms with van der Waals surface area (Å²) in [4.78, 5) is 18.1. The van der Waals surface area contributed by atoms with Gasteiger partial charge < -0.3 is 19.9 Å². The molecule has 2 heterocycles. The summed E-state index contributed by atoms with van der Waals surface area (Å²) in [6.45, 7) is 10.3. The van der Waals surface area contributed by atoms with Crippen LogP contribution < -0.4 is 10.2 Å². The van der Waals surface area contributed by atoms with Crippen LogP contribution in [0.25, 0.3) is 0 Å². The van der Waals surface area contributed by atoms with Gasteiger partial charge in [-0.1, -0.05) is 32.0 Å². The molecular formula is C25H34N4O4S. The molecule has 4 rings (SSSR count). The minimum Gasteiger partial charge on any atom is -0.379 e. The number of para-hydroxylation sites is 2. The molecule has 1 amide bonds. The molecule has 0 radical (unpaired) electrons. The van der Waals surface area contributed by atoms with E-state index in [1.807, 2.05) is 31.2 Å². The van der Waals surface area contributed by atoms with Gasteiger partial charge in [-0.2, -0.15) is 4.31 Å². The highest BCUT2D eigenvalue weighted by Gasteiger charge is 2.29. The molecule has 2 aliphatic rings.